The van der Waals surface area contributed by atoms with Crippen molar-refractivity contribution < 1.29 is 20.1 Å². The molecule has 4 heteroatoms. The zero-order valence-corrected chi connectivity index (χ0v) is 8.10. The van der Waals surface area contributed by atoms with Gasteiger partial charge in [0, 0.05) is 0 Å². The summed E-state index contributed by atoms with van der Waals surface area (Å²) in [5.74, 6) is -1.36. The normalized spacial score (nSPS) is 33.1. The first-order valence-corrected chi connectivity index (χ1v) is 4.70. The second-order valence-electron chi connectivity index (χ2n) is 2.98. The topological polar surface area (TPSA) is 77.8 Å². The van der Waals surface area contributed by atoms with Crippen molar-refractivity contribution in [2.24, 2.45) is 5.92 Å². The van der Waals surface area contributed by atoms with Gasteiger partial charge in [0.2, 0.25) is 0 Å². The zero-order valence-electron chi connectivity index (χ0n) is 8.10. The molecule has 1 fully saturated rings. The lowest BCUT2D eigenvalue weighted by atomic mass is 9.85. The number of aliphatic hydroxyl groups excluding tert-OH is 2. The minimum absolute atomic E-state index is 0.177. The summed E-state index contributed by atoms with van der Waals surface area (Å²) in [7, 11) is 0. The molecule has 3 atom stereocenters. The first-order valence-electron chi connectivity index (χ1n) is 4.70. The Hall–Kier alpha value is -0.610. The minimum Gasteiger partial charge on any atom is -0.481 e. The van der Waals surface area contributed by atoms with E-state index in [2.05, 4.69) is 0 Å². The number of aliphatic hydroxyl groups is 2. The molecule has 0 aromatic carbocycles. The Morgan fingerprint density at radius 2 is 1.69 bits per heavy atom. The molecule has 0 saturated heterocycles. The predicted molar refractivity (Wildman–Crippen MR) is 48.3 cm³/mol. The Balaban J connectivity index is 0.000000671. The summed E-state index contributed by atoms with van der Waals surface area (Å²) in [4.78, 5) is 10.4. The minimum atomic E-state index is -0.879. The van der Waals surface area contributed by atoms with Gasteiger partial charge in [0.05, 0.1) is 18.1 Å². The molecule has 78 valence electrons. The van der Waals surface area contributed by atoms with Crippen LogP contribution in [0.25, 0.3) is 0 Å². The van der Waals surface area contributed by atoms with Crippen molar-refractivity contribution in [3.05, 3.63) is 0 Å². The summed E-state index contributed by atoms with van der Waals surface area (Å²) >= 11 is 0. The maximum Gasteiger partial charge on any atom is 0.306 e. The summed E-state index contributed by atoms with van der Waals surface area (Å²) in [6.07, 6.45) is -0.558. The summed E-state index contributed by atoms with van der Waals surface area (Å²) in [6, 6.07) is 0. The maximum absolute atomic E-state index is 10.4. The van der Waals surface area contributed by atoms with Gasteiger partial charge >= 0.3 is 5.97 Å². The van der Waals surface area contributed by atoms with E-state index >= 15 is 0 Å². The van der Waals surface area contributed by atoms with E-state index in [9.17, 15) is 4.79 Å². The van der Waals surface area contributed by atoms with Gasteiger partial charge in [0.15, 0.2) is 0 Å². The number of carboxylic acid groups (broad SMARTS) is 1. The highest BCUT2D eigenvalue weighted by Crippen LogP contribution is 2.24. The molecular weight excluding hydrogens is 172 g/mol. The van der Waals surface area contributed by atoms with E-state index in [-0.39, 0.29) is 6.42 Å². The third kappa shape index (κ3) is 3.74. The quantitative estimate of drug-likeness (QED) is 0.566. The first-order chi connectivity index (χ1) is 6.11. The van der Waals surface area contributed by atoms with Gasteiger partial charge in [-0.05, 0) is 19.3 Å². The fourth-order valence-electron chi connectivity index (χ4n) is 1.36. The van der Waals surface area contributed by atoms with Gasteiger partial charge < -0.3 is 15.3 Å². The third-order valence-corrected chi connectivity index (χ3v) is 2.13. The largest absolute Gasteiger partial charge is 0.481 e. The molecule has 1 rings (SSSR count). The molecule has 0 spiro atoms. The highest BCUT2D eigenvalue weighted by atomic mass is 16.4. The van der Waals surface area contributed by atoms with Crippen molar-refractivity contribution >= 4 is 5.97 Å². The fraction of sp³-hybridized carbons (Fsp3) is 0.889. The van der Waals surface area contributed by atoms with Crippen LogP contribution in [-0.2, 0) is 4.79 Å². The van der Waals surface area contributed by atoms with Gasteiger partial charge in [0.25, 0.3) is 0 Å². The molecule has 4 nitrogen and oxygen atoms in total. The molecule has 13 heavy (non-hydrogen) atoms. The maximum atomic E-state index is 10.4. The molecule has 3 N–H and O–H groups in total. The Labute approximate surface area is 78.2 Å². The molecule has 0 aromatic rings. The van der Waals surface area contributed by atoms with Gasteiger partial charge in [-0.15, -0.1) is 0 Å². The monoisotopic (exact) mass is 190 g/mol. The van der Waals surface area contributed by atoms with Crippen LogP contribution < -0.4 is 0 Å². The lowest BCUT2D eigenvalue weighted by Crippen LogP contribution is -2.36. The lowest BCUT2D eigenvalue weighted by Gasteiger charge is -2.27. The van der Waals surface area contributed by atoms with Crippen LogP contribution in [0, 0.1) is 5.92 Å². The van der Waals surface area contributed by atoms with E-state index in [0.29, 0.717) is 12.8 Å². The summed E-state index contributed by atoms with van der Waals surface area (Å²) < 4.78 is 0. The first kappa shape index (κ1) is 12.4. The van der Waals surface area contributed by atoms with Crippen LogP contribution in [0.2, 0.25) is 0 Å². The van der Waals surface area contributed by atoms with Crippen LogP contribution in [0.15, 0.2) is 0 Å². The van der Waals surface area contributed by atoms with Crippen molar-refractivity contribution in [1.29, 1.82) is 0 Å². The number of carboxylic acids is 1. The van der Waals surface area contributed by atoms with E-state index in [1.165, 1.54) is 0 Å². The number of carbonyl (C=O) groups is 1. The second kappa shape index (κ2) is 5.94. The molecule has 1 aliphatic carbocycles. The summed E-state index contributed by atoms with van der Waals surface area (Å²) in [6.45, 7) is 4.00. The van der Waals surface area contributed by atoms with Crippen molar-refractivity contribution in [1.82, 2.24) is 0 Å². The van der Waals surface area contributed by atoms with Gasteiger partial charge in [-0.3, -0.25) is 4.79 Å². The Morgan fingerprint density at radius 3 is 2.08 bits per heavy atom. The number of hydrogen-bond acceptors (Lipinski definition) is 3. The van der Waals surface area contributed by atoms with E-state index in [0.717, 1.165) is 0 Å². The number of rotatable bonds is 1. The van der Waals surface area contributed by atoms with Crippen molar-refractivity contribution in [3.63, 3.8) is 0 Å². The van der Waals surface area contributed by atoms with Crippen molar-refractivity contribution in [3.8, 4) is 0 Å². The van der Waals surface area contributed by atoms with Crippen LogP contribution in [0.3, 0.4) is 0 Å². The Morgan fingerprint density at radius 1 is 1.15 bits per heavy atom. The molecule has 0 radical (unpaired) electrons. The Bertz CT molecular complexity index is 158. The molecule has 0 bridgehead atoms. The summed E-state index contributed by atoms with van der Waals surface area (Å²) in [5.41, 5.74) is 0. The highest BCUT2D eigenvalue weighted by molar-refractivity contribution is 5.70. The van der Waals surface area contributed by atoms with Crippen LogP contribution in [-0.4, -0.2) is 33.5 Å². The number of aliphatic carboxylic acids is 1. The van der Waals surface area contributed by atoms with Crippen LogP contribution in [0.1, 0.15) is 33.1 Å². The van der Waals surface area contributed by atoms with Crippen LogP contribution in [0.5, 0.6) is 0 Å². The van der Waals surface area contributed by atoms with E-state index in [4.69, 9.17) is 15.3 Å². The summed E-state index contributed by atoms with van der Waals surface area (Å²) in [5, 5.41) is 26.7. The second-order valence-corrected chi connectivity index (χ2v) is 2.98. The Kier molecular flexibility index (Phi) is 5.66. The molecule has 0 amide bonds. The fourth-order valence-corrected chi connectivity index (χ4v) is 1.36. The van der Waals surface area contributed by atoms with Gasteiger partial charge in [-0.25, -0.2) is 0 Å². The SMILES string of the molecule is CC.O=C(O)C1CCC(O)C(O)C1. The van der Waals surface area contributed by atoms with E-state index < -0.39 is 24.1 Å². The molecular formula is C9H18O4. The highest BCUT2D eigenvalue weighted by Gasteiger charge is 2.31. The van der Waals surface area contributed by atoms with Crippen LogP contribution in [0.4, 0.5) is 0 Å². The third-order valence-electron chi connectivity index (χ3n) is 2.13. The standard InChI is InChI=1S/C7H12O4.C2H6/c8-5-2-1-4(7(10)11)3-6(5)9;1-2/h4-6,8-9H,1-3H2,(H,10,11);1-2H3. The lowest BCUT2D eigenvalue weighted by molar-refractivity contribution is -0.146. The predicted octanol–water partition coefficient (Wildman–Crippen LogP) is 0.619. The van der Waals surface area contributed by atoms with Gasteiger partial charge in [0.1, 0.15) is 0 Å². The average molecular weight is 190 g/mol. The molecule has 0 heterocycles. The smallest absolute Gasteiger partial charge is 0.306 e. The average Bonchev–Trinajstić information content (AvgIpc) is 2.13. The van der Waals surface area contributed by atoms with Crippen molar-refractivity contribution in [2.45, 2.75) is 45.3 Å². The van der Waals surface area contributed by atoms with Gasteiger partial charge in [-0.1, -0.05) is 13.8 Å². The molecule has 1 saturated carbocycles. The number of hydrogen-bond donors (Lipinski definition) is 3. The molecule has 1 aliphatic rings. The van der Waals surface area contributed by atoms with Crippen molar-refractivity contribution in [2.75, 3.05) is 0 Å². The molecule has 3 unspecified atom stereocenters. The van der Waals surface area contributed by atoms with E-state index in [1.54, 1.807) is 0 Å². The van der Waals surface area contributed by atoms with Crippen LogP contribution >= 0.6 is 0 Å². The van der Waals surface area contributed by atoms with E-state index in [1.807, 2.05) is 13.8 Å². The van der Waals surface area contributed by atoms with Gasteiger partial charge in [-0.2, -0.15) is 0 Å². The molecule has 0 aliphatic heterocycles. The zero-order chi connectivity index (χ0) is 10.4. The molecule has 0 aromatic heterocycles.